The zero-order valence-corrected chi connectivity index (χ0v) is 18.8. The van der Waals surface area contributed by atoms with Crippen LogP contribution in [0.1, 0.15) is 55.7 Å². The molecule has 0 saturated carbocycles. The fourth-order valence-corrected chi connectivity index (χ4v) is 5.19. The number of piperidine rings is 1. The van der Waals surface area contributed by atoms with E-state index in [4.69, 9.17) is 0 Å². The van der Waals surface area contributed by atoms with E-state index >= 15 is 0 Å². The number of benzene rings is 1. The molecule has 166 valence electrons. The molecule has 4 rings (SSSR count). The highest BCUT2D eigenvalue weighted by molar-refractivity contribution is 5.97. The number of carbonyl (C=O) groups is 2. The lowest BCUT2D eigenvalue weighted by atomic mass is 9.70. The average molecular weight is 425 g/mol. The van der Waals surface area contributed by atoms with Gasteiger partial charge in [-0.15, -0.1) is 10.2 Å². The summed E-state index contributed by atoms with van der Waals surface area (Å²) in [5, 5.41) is 11.3. The number of rotatable bonds is 4. The number of nitrogens with zero attached hydrogens (tertiary/aromatic N) is 5. The Morgan fingerprint density at radius 2 is 1.97 bits per heavy atom. The molecular weight excluding hydrogens is 392 g/mol. The van der Waals surface area contributed by atoms with E-state index in [0.717, 1.165) is 38.3 Å². The third-order valence-corrected chi connectivity index (χ3v) is 6.95. The summed E-state index contributed by atoms with van der Waals surface area (Å²) in [6.07, 6.45) is 3.82. The molecule has 31 heavy (non-hydrogen) atoms. The Labute approximate surface area is 183 Å². The van der Waals surface area contributed by atoms with Gasteiger partial charge in [0.1, 0.15) is 12.2 Å². The highest BCUT2D eigenvalue weighted by Gasteiger charge is 2.51. The van der Waals surface area contributed by atoms with Gasteiger partial charge in [0.2, 0.25) is 5.91 Å². The fraction of sp³-hybridized carbons (Fsp3) is 0.565. The van der Waals surface area contributed by atoms with Crippen molar-refractivity contribution < 1.29 is 9.59 Å². The number of nitrogens with one attached hydrogen (secondary N) is 1. The van der Waals surface area contributed by atoms with Crippen molar-refractivity contribution in [2.24, 2.45) is 12.5 Å². The Kier molecular flexibility index (Phi) is 5.83. The van der Waals surface area contributed by atoms with E-state index in [1.165, 1.54) is 6.92 Å². The lowest BCUT2D eigenvalue weighted by Crippen LogP contribution is -2.46. The first-order valence-corrected chi connectivity index (χ1v) is 11.0. The van der Waals surface area contributed by atoms with Gasteiger partial charge in [0.25, 0.3) is 5.91 Å². The van der Waals surface area contributed by atoms with E-state index in [9.17, 15) is 9.59 Å². The molecule has 0 radical (unpaired) electrons. The first-order chi connectivity index (χ1) is 14.8. The Morgan fingerprint density at radius 3 is 2.58 bits per heavy atom. The minimum Gasteiger partial charge on any atom is -0.337 e. The minimum atomic E-state index is -0.149. The van der Waals surface area contributed by atoms with E-state index in [2.05, 4.69) is 34.3 Å². The molecule has 1 aromatic carbocycles. The van der Waals surface area contributed by atoms with Gasteiger partial charge in [0, 0.05) is 55.7 Å². The second kappa shape index (κ2) is 8.42. The van der Waals surface area contributed by atoms with Crippen molar-refractivity contribution in [3.8, 4) is 0 Å². The topological polar surface area (TPSA) is 83.4 Å². The van der Waals surface area contributed by atoms with Gasteiger partial charge >= 0.3 is 0 Å². The standard InChI is InChI=1S/C23H32N6O2/c1-16(2)28-10-8-23(9-11-28)14-29(13-20(23)21-26-24-15-27(21)4)22(31)18-6-5-7-19(12-18)25-17(3)30/h5-7,12,15-16,20H,8-11,13-14H2,1-4H3,(H,25,30). The van der Waals surface area contributed by atoms with E-state index in [1.54, 1.807) is 18.5 Å². The Morgan fingerprint density at radius 1 is 1.23 bits per heavy atom. The lowest BCUT2D eigenvalue weighted by Gasteiger charge is -2.43. The zero-order chi connectivity index (χ0) is 22.2. The largest absolute Gasteiger partial charge is 0.337 e. The molecule has 1 aromatic heterocycles. The summed E-state index contributed by atoms with van der Waals surface area (Å²) in [7, 11) is 1.98. The fourth-order valence-electron chi connectivity index (χ4n) is 5.19. The number of aromatic nitrogens is 3. The monoisotopic (exact) mass is 424 g/mol. The van der Waals surface area contributed by atoms with Crippen molar-refractivity contribution in [1.29, 1.82) is 0 Å². The molecule has 3 heterocycles. The summed E-state index contributed by atoms with van der Waals surface area (Å²) in [5.74, 6) is 0.976. The molecular formula is C23H32N6O2. The number of likely N-dealkylation sites (tertiary alicyclic amines) is 2. The molecule has 1 spiro atoms. The molecule has 8 nitrogen and oxygen atoms in total. The Hall–Kier alpha value is -2.74. The van der Waals surface area contributed by atoms with Gasteiger partial charge in [-0.1, -0.05) is 6.07 Å². The number of hydrogen-bond donors (Lipinski definition) is 1. The van der Waals surface area contributed by atoms with Crippen LogP contribution in [0.2, 0.25) is 0 Å². The zero-order valence-electron chi connectivity index (χ0n) is 18.8. The van der Waals surface area contributed by atoms with Crippen LogP contribution in [0.25, 0.3) is 0 Å². The second-order valence-electron chi connectivity index (χ2n) is 9.29. The van der Waals surface area contributed by atoms with E-state index < -0.39 is 0 Å². The quantitative estimate of drug-likeness (QED) is 0.815. The summed E-state index contributed by atoms with van der Waals surface area (Å²) in [5.41, 5.74) is 1.25. The molecule has 0 aliphatic carbocycles. The highest BCUT2D eigenvalue weighted by Crippen LogP contribution is 2.49. The van der Waals surface area contributed by atoms with Crippen molar-refractivity contribution in [2.75, 3.05) is 31.5 Å². The number of aryl methyl sites for hydroxylation is 1. The van der Waals surface area contributed by atoms with Crippen LogP contribution in [0, 0.1) is 5.41 Å². The normalized spacial score (nSPS) is 21.1. The van der Waals surface area contributed by atoms with Gasteiger partial charge in [-0.05, 0) is 58.0 Å². The van der Waals surface area contributed by atoms with Gasteiger partial charge in [0.15, 0.2) is 0 Å². The first kappa shape index (κ1) is 21.5. The van der Waals surface area contributed by atoms with Crippen molar-refractivity contribution in [3.63, 3.8) is 0 Å². The number of amides is 2. The Balaban J connectivity index is 1.60. The van der Waals surface area contributed by atoms with Crippen LogP contribution in [0.5, 0.6) is 0 Å². The second-order valence-corrected chi connectivity index (χ2v) is 9.29. The van der Waals surface area contributed by atoms with Crippen molar-refractivity contribution >= 4 is 17.5 Å². The molecule has 1 atom stereocenters. The maximum atomic E-state index is 13.4. The molecule has 1 N–H and O–H groups in total. The highest BCUT2D eigenvalue weighted by atomic mass is 16.2. The average Bonchev–Trinajstić information content (AvgIpc) is 3.31. The van der Waals surface area contributed by atoms with E-state index in [1.807, 2.05) is 28.6 Å². The minimum absolute atomic E-state index is 0.00235. The molecule has 2 aliphatic rings. The third kappa shape index (κ3) is 4.21. The maximum Gasteiger partial charge on any atom is 0.253 e. The molecule has 8 heteroatoms. The predicted molar refractivity (Wildman–Crippen MR) is 119 cm³/mol. The lowest BCUT2D eigenvalue weighted by molar-refractivity contribution is -0.114. The van der Waals surface area contributed by atoms with Gasteiger partial charge in [-0.25, -0.2) is 0 Å². The van der Waals surface area contributed by atoms with Gasteiger partial charge in [-0.3, -0.25) is 9.59 Å². The predicted octanol–water partition coefficient (Wildman–Crippen LogP) is 2.50. The maximum absolute atomic E-state index is 13.4. The Bertz CT molecular complexity index is 960. The number of hydrogen-bond acceptors (Lipinski definition) is 5. The summed E-state index contributed by atoms with van der Waals surface area (Å²) >= 11 is 0. The smallest absolute Gasteiger partial charge is 0.253 e. The SMILES string of the molecule is CC(=O)Nc1cccc(C(=O)N2CC(c3nncn3C)C3(CCN(C(C)C)CC3)C2)c1. The van der Waals surface area contributed by atoms with E-state index in [-0.39, 0.29) is 23.1 Å². The molecule has 2 fully saturated rings. The first-order valence-electron chi connectivity index (χ1n) is 11.0. The van der Waals surface area contributed by atoms with Crippen LogP contribution in [0.15, 0.2) is 30.6 Å². The van der Waals surface area contributed by atoms with Crippen LogP contribution >= 0.6 is 0 Å². The summed E-state index contributed by atoms with van der Waals surface area (Å²) < 4.78 is 1.99. The van der Waals surface area contributed by atoms with Crippen LogP contribution < -0.4 is 5.32 Å². The molecule has 2 aliphatic heterocycles. The van der Waals surface area contributed by atoms with Gasteiger partial charge in [0.05, 0.1) is 0 Å². The van der Waals surface area contributed by atoms with Gasteiger partial charge in [-0.2, -0.15) is 0 Å². The summed E-state index contributed by atoms with van der Waals surface area (Å²) in [6, 6.07) is 7.71. The third-order valence-electron chi connectivity index (χ3n) is 6.95. The van der Waals surface area contributed by atoms with Crippen molar-refractivity contribution in [3.05, 3.63) is 42.0 Å². The van der Waals surface area contributed by atoms with Crippen LogP contribution in [0.4, 0.5) is 5.69 Å². The molecule has 2 saturated heterocycles. The number of carbonyl (C=O) groups excluding carboxylic acids is 2. The van der Waals surface area contributed by atoms with Crippen LogP contribution in [0.3, 0.4) is 0 Å². The van der Waals surface area contributed by atoms with Crippen molar-refractivity contribution in [1.82, 2.24) is 24.6 Å². The molecule has 2 amide bonds. The van der Waals surface area contributed by atoms with Crippen LogP contribution in [-0.2, 0) is 11.8 Å². The van der Waals surface area contributed by atoms with E-state index in [0.29, 0.717) is 23.8 Å². The molecule has 1 unspecified atom stereocenters. The molecule has 2 aromatic rings. The summed E-state index contributed by atoms with van der Waals surface area (Å²) in [6.45, 7) is 9.37. The molecule has 0 bridgehead atoms. The van der Waals surface area contributed by atoms with Crippen LogP contribution in [-0.4, -0.2) is 68.6 Å². The summed E-state index contributed by atoms with van der Waals surface area (Å²) in [4.78, 5) is 29.3. The van der Waals surface area contributed by atoms with Gasteiger partial charge < -0.3 is 19.7 Å². The number of anilines is 1. The van der Waals surface area contributed by atoms with Crippen molar-refractivity contribution in [2.45, 2.75) is 45.6 Å².